The smallest absolute Gasteiger partial charge is 0.120 e. The van der Waals surface area contributed by atoms with Crippen molar-refractivity contribution in [1.29, 1.82) is 5.26 Å². The molecule has 3 aromatic rings. The maximum Gasteiger partial charge on any atom is 0.120 e. The van der Waals surface area contributed by atoms with Crippen LogP contribution in [0.15, 0.2) is 67.4 Å². The second kappa shape index (κ2) is 8.74. The Morgan fingerprint density at radius 2 is 2.19 bits per heavy atom. The highest BCUT2D eigenvalue weighted by Gasteiger charge is 2.42. The number of hydrogen-bond donors (Lipinski definition) is 1. The molecule has 5 atom stereocenters. The summed E-state index contributed by atoms with van der Waals surface area (Å²) in [6, 6.07) is 17.4. The first-order valence-electron chi connectivity index (χ1n) is 11.2. The predicted molar refractivity (Wildman–Crippen MR) is 124 cm³/mol. The van der Waals surface area contributed by atoms with Gasteiger partial charge in [-0.25, -0.2) is 0 Å². The summed E-state index contributed by atoms with van der Waals surface area (Å²) in [5.41, 5.74) is 3.31. The lowest BCUT2D eigenvalue weighted by atomic mass is 9.73. The monoisotopic (exact) mass is 425 g/mol. The molecular formula is C27H27N3O2. The molecule has 1 aromatic heterocycles. The topological polar surface area (TPSA) is 69.4 Å². The third-order valence-electron chi connectivity index (χ3n) is 7.05. The highest BCUT2D eigenvalue weighted by atomic mass is 16.5. The van der Waals surface area contributed by atoms with Crippen molar-refractivity contribution in [3.05, 3.63) is 84.1 Å². The molecule has 2 aromatic carbocycles. The molecule has 0 saturated carbocycles. The van der Waals surface area contributed by atoms with Gasteiger partial charge in [0.2, 0.25) is 0 Å². The molecule has 0 radical (unpaired) electrons. The minimum Gasteiger partial charge on any atom is -0.489 e. The van der Waals surface area contributed by atoms with Crippen LogP contribution in [0.3, 0.4) is 0 Å². The molecule has 6 rings (SSSR count). The van der Waals surface area contributed by atoms with Crippen LogP contribution in [0.2, 0.25) is 0 Å². The van der Waals surface area contributed by atoms with E-state index in [4.69, 9.17) is 10.00 Å². The molecule has 32 heavy (non-hydrogen) atoms. The lowest BCUT2D eigenvalue weighted by Crippen LogP contribution is -2.54. The highest BCUT2D eigenvalue weighted by Crippen LogP contribution is 2.42. The Bertz CT molecular complexity index is 1180. The van der Waals surface area contributed by atoms with Gasteiger partial charge in [0.1, 0.15) is 12.4 Å². The summed E-state index contributed by atoms with van der Waals surface area (Å²) in [6.07, 6.45) is 5.46. The van der Waals surface area contributed by atoms with E-state index < -0.39 is 6.10 Å². The van der Waals surface area contributed by atoms with Crippen LogP contribution < -0.4 is 4.74 Å². The molecule has 0 spiro atoms. The van der Waals surface area contributed by atoms with Crippen LogP contribution in [0.25, 0.3) is 10.9 Å². The lowest BCUT2D eigenvalue weighted by Gasteiger charge is -2.50. The van der Waals surface area contributed by atoms with Crippen molar-refractivity contribution in [2.45, 2.75) is 31.6 Å². The molecule has 0 aliphatic carbocycles. The van der Waals surface area contributed by atoms with E-state index in [0.29, 0.717) is 24.0 Å². The van der Waals surface area contributed by atoms with Crippen LogP contribution in [0.5, 0.6) is 5.75 Å². The first-order chi connectivity index (χ1) is 15.7. The number of aromatic nitrogens is 1. The van der Waals surface area contributed by atoms with Gasteiger partial charge in [0, 0.05) is 24.2 Å². The summed E-state index contributed by atoms with van der Waals surface area (Å²) in [4.78, 5) is 6.92. The SMILES string of the molecule is C=C[C@H]1CN2CC[C@H]1C[C@@H]2[C@@H](O)c1ccnc2ccc(OCc3cccc(C#N)c3)cc12. The van der Waals surface area contributed by atoms with Gasteiger partial charge >= 0.3 is 0 Å². The molecule has 5 heteroatoms. The molecule has 1 N–H and O–H groups in total. The van der Waals surface area contributed by atoms with E-state index in [0.717, 1.165) is 47.3 Å². The standard InChI is InChI=1S/C27H27N3O2/c1-2-20-16-30-11-9-21(20)13-26(30)27(31)23-8-10-29-25-7-6-22(14-24(23)25)32-17-19-5-3-4-18(12-19)15-28/h2-8,10,12,14,20-21,26-27,31H,1,9,11,13,16-17H2/t20-,21-,26+,27-/m0/s1. The summed E-state index contributed by atoms with van der Waals surface area (Å²) in [7, 11) is 0. The van der Waals surface area contributed by atoms with Gasteiger partial charge in [-0.1, -0.05) is 18.2 Å². The van der Waals surface area contributed by atoms with Crippen LogP contribution in [0.4, 0.5) is 0 Å². The third-order valence-corrected chi connectivity index (χ3v) is 7.05. The van der Waals surface area contributed by atoms with Gasteiger partial charge < -0.3 is 9.84 Å². The van der Waals surface area contributed by atoms with E-state index in [1.165, 1.54) is 6.42 Å². The molecule has 4 heterocycles. The van der Waals surface area contributed by atoms with Crippen LogP contribution in [-0.2, 0) is 6.61 Å². The van der Waals surface area contributed by atoms with Crippen molar-refractivity contribution >= 4 is 10.9 Å². The van der Waals surface area contributed by atoms with Crippen molar-refractivity contribution in [2.75, 3.05) is 13.1 Å². The first kappa shape index (κ1) is 20.7. The van der Waals surface area contributed by atoms with E-state index >= 15 is 0 Å². The fourth-order valence-electron chi connectivity index (χ4n) is 5.30. The zero-order chi connectivity index (χ0) is 22.1. The summed E-state index contributed by atoms with van der Waals surface area (Å²) in [6.45, 7) is 6.40. The normalized spacial score (nSPS) is 25.2. The Balaban J connectivity index is 1.39. The van der Waals surface area contributed by atoms with Crippen molar-refractivity contribution in [1.82, 2.24) is 9.88 Å². The zero-order valence-corrected chi connectivity index (χ0v) is 18.0. The maximum atomic E-state index is 11.4. The predicted octanol–water partition coefficient (Wildman–Crippen LogP) is 4.62. The molecule has 3 saturated heterocycles. The Morgan fingerprint density at radius 1 is 1.28 bits per heavy atom. The number of fused-ring (bicyclic) bond motifs is 4. The molecule has 2 bridgehead atoms. The van der Waals surface area contributed by atoms with Crippen LogP contribution in [-0.4, -0.2) is 34.1 Å². The van der Waals surface area contributed by atoms with Crippen molar-refractivity contribution in [2.24, 2.45) is 11.8 Å². The molecule has 3 aliphatic heterocycles. The van der Waals surface area contributed by atoms with Gasteiger partial charge in [0.05, 0.1) is 23.3 Å². The second-order valence-electron chi connectivity index (χ2n) is 8.87. The number of hydrogen-bond acceptors (Lipinski definition) is 5. The van der Waals surface area contributed by atoms with Gasteiger partial charge in [-0.15, -0.1) is 6.58 Å². The Hall–Kier alpha value is -3.20. The summed E-state index contributed by atoms with van der Waals surface area (Å²) in [5, 5.41) is 21.4. The minimum atomic E-state index is -0.573. The molecule has 162 valence electrons. The van der Waals surface area contributed by atoms with E-state index in [1.807, 2.05) is 42.5 Å². The lowest BCUT2D eigenvalue weighted by molar-refractivity contribution is -0.0444. The van der Waals surface area contributed by atoms with Crippen molar-refractivity contribution in [3.63, 3.8) is 0 Å². The summed E-state index contributed by atoms with van der Waals surface area (Å²) in [5.74, 6) is 1.85. The Morgan fingerprint density at radius 3 is 2.97 bits per heavy atom. The largest absolute Gasteiger partial charge is 0.489 e. The van der Waals surface area contributed by atoms with E-state index in [9.17, 15) is 5.11 Å². The van der Waals surface area contributed by atoms with Gasteiger partial charge in [0.25, 0.3) is 0 Å². The molecule has 3 aliphatic rings. The molecule has 3 fully saturated rings. The number of nitrogens with zero attached hydrogens (tertiary/aromatic N) is 3. The van der Waals surface area contributed by atoms with Crippen molar-refractivity contribution in [3.8, 4) is 11.8 Å². The first-order valence-corrected chi connectivity index (χ1v) is 11.2. The highest BCUT2D eigenvalue weighted by molar-refractivity contribution is 5.84. The van der Waals surface area contributed by atoms with Crippen LogP contribution in [0, 0.1) is 23.2 Å². The van der Waals surface area contributed by atoms with E-state index in [2.05, 4.69) is 28.6 Å². The quantitative estimate of drug-likeness (QED) is 0.584. The number of rotatable bonds is 6. The number of aliphatic hydroxyl groups excluding tert-OH is 1. The van der Waals surface area contributed by atoms with Crippen LogP contribution >= 0.6 is 0 Å². The number of piperidine rings is 3. The number of benzene rings is 2. The van der Waals surface area contributed by atoms with E-state index in [1.54, 1.807) is 12.3 Å². The van der Waals surface area contributed by atoms with Gasteiger partial charge in [-0.3, -0.25) is 9.88 Å². The number of ether oxygens (including phenoxy) is 1. The number of aliphatic hydroxyl groups is 1. The van der Waals surface area contributed by atoms with Crippen molar-refractivity contribution < 1.29 is 9.84 Å². The summed E-state index contributed by atoms with van der Waals surface area (Å²) >= 11 is 0. The van der Waals surface area contributed by atoms with Gasteiger partial charge in [-0.05, 0) is 78.7 Å². The van der Waals surface area contributed by atoms with E-state index in [-0.39, 0.29) is 6.04 Å². The fraction of sp³-hybridized carbons (Fsp3) is 0.333. The average Bonchev–Trinajstić information content (AvgIpc) is 2.86. The molecular weight excluding hydrogens is 398 g/mol. The van der Waals surface area contributed by atoms with Gasteiger partial charge in [0.15, 0.2) is 0 Å². The number of nitriles is 1. The van der Waals surface area contributed by atoms with Gasteiger partial charge in [-0.2, -0.15) is 5.26 Å². The minimum absolute atomic E-state index is 0.119. The maximum absolute atomic E-state index is 11.4. The zero-order valence-electron chi connectivity index (χ0n) is 18.0. The van der Waals surface area contributed by atoms with Crippen LogP contribution in [0.1, 0.15) is 35.6 Å². The summed E-state index contributed by atoms with van der Waals surface area (Å²) < 4.78 is 6.02. The second-order valence-corrected chi connectivity index (χ2v) is 8.87. The fourth-order valence-corrected chi connectivity index (χ4v) is 5.30. The third kappa shape index (κ3) is 3.88. The Kier molecular flexibility index (Phi) is 5.65. The average molecular weight is 426 g/mol. The molecule has 0 amide bonds. The molecule has 1 unspecified atom stereocenters. The molecule has 5 nitrogen and oxygen atoms in total. The number of pyridine rings is 1. The Labute approximate surface area is 188 Å².